The standard InChI is InChI=1S/C66H125NO5/c1-3-5-7-9-11-13-15-17-19-20-21-24-27-31-34-38-42-46-50-54-58-64(69)63(62-68)67-65(70)59-55-51-47-43-39-35-32-28-25-22-23-26-29-33-37-41-45-49-53-57-61-72-66(71)60-56-52-48-44-40-36-30-18-16-14-12-10-8-6-4-2/h12,14,18,22,25,30,63-64,68-69H,3-11,13,15-17,19-21,23-24,26-29,31-62H2,1-2H3,(H,67,70)/b14-12-,25-22-,30-18-. The van der Waals surface area contributed by atoms with Gasteiger partial charge < -0.3 is 20.3 Å². The van der Waals surface area contributed by atoms with Crippen molar-refractivity contribution < 1.29 is 24.5 Å². The second-order valence-corrected chi connectivity index (χ2v) is 22.1. The maximum atomic E-state index is 12.5. The summed E-state index contributed by atoms with van der Waals surface area (Å²) in [5.74, 6) is -0.0485. The van der Waals surface area contributed by atoms with Gasteiger partial charge in [-0.2, -0.15) is 0 Å². The molecular weight excluding hydrogens is 887 g/mol. The number of hydrogen-bond acceptors (Lipinski definition) is 5. The Kier molecular flexibility index (Phi) is 60.0. The molecule has 0 fully saturated rings. The van der Waals surface area contributed by atoms with Crippen LogP contribution in [0.3, 0.4) is 0 Å². The van der Waals surface area contributed by atoms with E-state index in [1.165, 1.54) is 263 Å². The van der Waals surface area contributed by atoms with Gasteiger partial charge in [-0.3, -0.25) is 9.59 Å². The maximum absolute atomic E-state index is 12.5. The molecular formula is C66H125NO5. The summed E-state index contributed by atoms with van der Waals surface area (Å²) in [6, 6.07) is -0.549. The quantitative estimate of drug-likeness (QED) is 0.0320. The SMILES string of the molecule is CCCCC/C=C\C/C=C\CCCCCCCC(=O)OCCCCCCCCCCC/C=C\CCCCCCCCCC(=O)NC(CO)C(O)CCCCCCCCCCCCCCCCCCCCCC. The lowest BCUT2D eigenvalue weighted by atomic mass is 10.0. The van der Waals surface area contributed by atoms with Gasteiger partial charge in [0.1, 0.15) is 0 Å². The molecule has 0 rings (SSSR count). The Balaban J connectivity index is 3.44. The Morgan fingerprint density at radius 1 is 0.389 bits per heavy atom. The second kappa shape index (κ2) is 61.6. The van der Waals surface area contributed by atoms with E-state index in [1.54, 1.807) is 0 Å². The van der Waals surface area contributed by atoms with Crippen molar-refractivity contribution in [2.24, 2.45) is 0 Å². The first-order chi connectivity index (χ1) is 35.5. The number of ether oxygens (including phenoxy) is 1. The highest BCUT2D eigenvalue weighted by Gasteiger charge is 2.20. The molecule has 0 saturated heterocycles. The highest BCUT2D eigenvalue weighted by molar-refractivity contribution is 5.76. The van der Waals surface area contributed by atoms with Crippen molar-refractivity contribution in [2.45, 2.75) is 360 Å². The van der Waals surface area contributed by atoms with Crippen molar-refractivity contribution in [3.8, 4) is 0 Å². The molecule has 6 heteroatoms. The van der Waals surface area contributed by atoms with Crippen LogP contribution < -0.4 is 5.32 Å². The van der Waals surface area contributed by atoms with E-state index in [1.807, 2.05) is 0 Å². The Morgan fingerprint density at radius 3 is 1.10 bits per heavy atom. The van der Waals surface area contributed by atoms with Crippen molar-refractivity contribution in [1.82, 2.24) is 5.32 Å². The van der Waals surface area contributed by atoms with Gasteiger partial charge in [0.15, 0.2) is 0 Å². The van der Waals surface area contributed by atoms with E-state index in [9.17, 15) is 19.8 Å². The molecule has 0 aromatic carbocycles. The molecule has 2 atom stereocenters. The average Bonchev–Trinajstić information content (AvgIpc) is 3.38. The fourth-order valence-electron chi connectivity index (χ4n) is 9.96. The number of unbranched alkanes of at least 4 members (excludes halogenated alkanes) is 43. The van der Waals surface area contributed by atoms with Crippen molar-refractivity contribution in [3.05, 3.63) is 36.5 Å². The minimum absolute atomic E-state index is 0.00740. The Hall–Kier alpha value is -1.92. The first-order valence-corrected chi connectivity index (χ1v) is 32.2. The normalized spacial score (nSPS) is 12.8. The van der Waals surface area contributed by atoms with Gasteiger partial charge in [0.25, 0.3) is 0 Å². The van der Waals surface area contributed by atoms with Gasteiger partial charge in [-0.05, 0) is 83.5 Å². The third kappa shape index (κ3) is 57.4. The summed E-state index contributed by atoms with van der Waals surface area (Å²) in [5, 5.41) is 23.4. The lowest BCUT2D eigenvalue weighted by Crippen LogP contribution is -2.45. The molecule has 2 unspecified atom stereocenters. The minimum Gasteiger partial charge on any atom is -0.466 e. The number of carbonyl (C=O) groups is 2. The van der Waals surface area contributed by atoms with Gasteiger partial charge in [0.2, 0.25) is 5.91 Å². The first kappa shape index (κ1) is 70.1. The molecule has 0 aliphatic rings. The number of rotatable bonds is 60. The van der Waals surface area contributed by atoms with Crippen molar-refractivity contribution in [3.63, 3.8) is 0 Å². The van der Waals surface area contributed by atoms with Gasteiger partial charge in [0.05, 0.1) is 25.4 Å². The molecule has 72 heavy (non-hydrogen) atoms. The number of aliphatic hydroxyl groups excluding tert-OH is 2. The minimum atomic E-state index is -0.671. The molecule has 0 saturated carbocycles. The Morgan fingerprint density at radius 2 is 0.694 bits per heavy atom. The lowest BCUT2D eigenvalue weighted by Gasteiger charge is -2.22. The fraction of sp³-hybridized carbons (Fsp3) is 0.879. The number of nitrogens with one attached hydrogen (secondary N) is 1. The zero-order valence-electron chi connectivity index (χ0n) is 48.4. The number of hydrogen-bond donors (Lipinski definition) is 3. The number of aliphatic hydroxyl groups is 2. The highest BCUT2D eigenvalue weighted by atomic mass is 16.5. The molecule has 6 nitrogen and oxygen atoms in total. The molecule has 0 bridgehead atoms. The average molecular weight is 1010 g/mol. The molecule has 0 aromatic heterocycles. The third-order valence-corrected chi connectivity index (χ3v) is 14.9. The van der Waals surface area contributed by atoms with E-state index in [2.05, 4.69) is 55.6 Å². The summed E-state index contributed by atoms with van der Waals surface area (Å²) >= 11 is 0. The van der Waals surface area contributed by atoms with Crippen LogP contribution in [0.25, 0.3) is 0 Å². The number of esters is 1. The Bertz CT molecular complexity index is 1170. The van der Waals surface area contributed by atoms with Crippen LogP contribution in [-0.4, -0.2) is 47.4 Å². The zero-order valence-corrected chi connectivity index (χ0v) is 48.4. The largest absolute Gasteiger partial charge is 0.466 e. The number of amides is 1. The molecule has 0 radical (unpaired) electrons. The van der Waals surface area contributed by atoms with E-state index in [4.69, 9.17) is 4.74 Å². The van der Waals surface area contributed by atoms with Crippen LogP contribution in [0.5, 0.6) is 0 Å². The maximum Gasteiger partial charge on any atom is 0.305 e. The summed E-state index contributed by atoms with van der Waals surface area (Å²) in [7, 11) is 0. The van der Waals surface area contributed by atoms with Gasteiger partial charge >= 0.3 is 5.97 Å². The molecule has 0 heterocycles. The molecule has 0 spiro atoms. The first-order valence-electron chi connectivity index (χ1n) is 32.2. The van der Waals surface area contributed by atoms with Crippen LogP contribution in [0.2, 0.25) is 0 Å². The summed E-state index contributed by atoms with van der Waals surface area (Å²) in [6.45, 7) is 4.93. The van der Waals surface area contributed by atoms with Crippen LogP contribution in [-0.2, 0) is 14.3 Å². The number of allylic oxidation sites excluding steroid dienone is 6. The lowest BCUT2D eigenvalue weighted by molar-refractivity contribution is -0.143. The molecule has 0 aliphatic carbocycles. The predicted molar refractivity (Wildman–Crippen MR) is 315 cm³/mol. The van der Waals surface area contributed by atoms with Crippen molar-refractivity contribution in [1.29, 1.82) is 0 Å². The van der Waals surface area contributed by atoms with Crippen LogP contribution >= 0.6 is 0 Å². The smallest absolute Gasteiger partial charge is 0.305 e. The van der Waals surface area contributed by atoms with E-state index in [0.717, 1.165) is 51.4 Å². The Labute approximate surface area is 449 Å². The van der Waals surface area contributed by atoms with Gasteiger partial charge in [-0.15, -0.1) is 0 Å². The highest BCUT2D eigenvalue weighted by Crippen LogP contribution is 2.18. The fourth-order valence-corrected chi connectivity index (χ4v) is 9.96. The predicted octanol–water partition coefficient (Wildman–Crippen LogP) is 20.4. The van der Waals surface area contributed by atoms with Crippen LogP contribution in [0, 0.1) is 0 Å². The second-order valence-electron chi connectivity index (χ2n) is 22.1. The summed E-state index contributed by atoms with van der Waals surface area (Å²) < 4.78 is 5.47. The van der Waals surface area contributed by atoms with E-state index >= 15 is 0 Å². The van der Waals surface area contributed by atoms with E-state index in [0.29, 0.717) is 25.9 Å². The van der Waals surface area contributed by atoms with Gasteiger partial charge in [-0.1, -0.05) is 288 Å². The van der Waals surface area contributed by atoms with Crippen molar-refractivity contribution in [2.75, 3.05) is 13.2 Å². The van der Waals surface area contributed by atoms with Gasteiger partial charge in [-0.25, -0.2) is 0 Å². The molecule has 424 valence electrons. The zero-order chi connectivity index (χ0) is 52.2. The number of carbonyl (C=O) groups excluding carboxylic acids is 2. The molecule has 0 aliphatic heterocycles. The summed E-state index contributed by atoms with van der Waals surface area (Å²) in [4.78, 5) is 24.6. The van der Waals surface area contributed by atoms with Crippen LogP contribution in [0.15, 0.2) is 36.5 Å². The van der Waals surface area contributed by atoms with Crippen molar-refractivity contribution >= 4 is 11.9 Å². The molecule has 3 N–H and O–H groups in total. The summed E-state index contributed by atoms with van der Waals surface area (Å²) in [6.07, 6.45) is 77.2. The summed E-state index contributed by atoms with van der Waals surface area (Å²) in [5.41, 5.74) is 0. The third-order valence-electron chi connectivity index (χ3n) is 14.9. The molecule has 0 aromatic rings. The van der Waals surface area contributed by atoms with Gasteiger partial charge in [0, 0.05) is 12.8 Å². The van der Waals surface area contributed by atoms with E-state index in [-0.39, 0.29) is 18.5 Å². The van der Waals surface area contributed by atoms with Crippen LogP contribution in [0.1, 0.15) is 348 Å². The monoisotopic (exact) mass is 1010 g/mol. The topological polar surface area (TPSA) is 95.9 Å². The molecule has 1 amide bonds. The van der Waals surface area contributed by atoms with Crippen LogP contribution in [0.4, 0.5) is 0 Å². The van der Waals surface area contributed by atoms with E-state index < -0.39 is 12.1 Å².